The molecule has 2 rings (SSSR count). The standard InChI is InChI=1S/C15H12BrN3O2/c1-10-2-4-12(13(16)8-10)14-5-3-11(21-14)9-18-19-15(20)6-7-17/h2-5,8-9H,6H2,1H3,(H,19,20)/b18-9+. The van der Waals surface area contributed by atoms with Gasteiger partial charge in [0.05, 0.1) is 12.3 Å². The van der Waals surface area contributed by atoms with Crippen molar-refractivity contribution in [1.29, 1.82) is 5.26 Å². The predicted octanol–water partition coefficient (Wildman–Crippen LogP) is 3.38. The molecule has 0 aliphatic heterocycles. The van der Waals surface area contributed by atoms with Crippen molar-refractivity contribution in [1.82, 2.24) is 5.43 Å². The smallest absolute Gasteiger partial charge is 0.254 e. The van der Waals surface area contributed by atoms with Crippen LogP contribution in [0, 0.1) is 18.3 Å². The van der Waals surface area contributed by atoms with Gasteiger partial charge in [0.15, 0.2) is 0 Å². The quantitative estimate of drug-likeness (QED) is 0.681. The summed E-state index contributed by atoms with van der Waals surface area (Å²) in [5.74, 6) is 0.753. The van der Waals surface area contributed by atoms with Crippen LogP contribution in [0.1, 0.15) is 17.7 Å². The van der Waals surface area contributed by atoms with Gasteiger partial charge in [-0.25, -0.2) is 5.43 Å². The number of amides is 1. The average molecular weight is 346 g/mol. The van der Waals surface area contributed by atoms with E-state index in [0.29, 0.717) is 11.5 Å². The first-order chi connectivity index (χ1) is 10.1. The lowest BCUT2D eigenvalue weighted by Crippen LogP contribution is -2.15. The van der Waals surface area contributed by atoms with Crippen LogP contribution in [0.25, 0.3) is 11.3 Å². The molecule has 0 saturated carbocycles. The Kier molecular flexibility index (Phi) is 4.90. The fraction of sp³-hybridized carbons (Fsp3) is 0.133. The molecule has 1 heterocycles. The second-order valence-corrected chi connectivity index (χ2v) is 5.17. The van der Waals surface area contributed by atoms with E-state index in [9.17, 15) is 4.79 Å². The van der Waals surface area contributed by atoms with Gasteiger partial charge in [0.25, 0.3) is 5.91 Å². The molecular formula is C15H12BrN3O2. The lowest BCUT2D eigenvalue weighted by molar-refractivity contribution is -0.120. The van der Waals surface area contributed by atoms with Gasteiger partial charge >= 0.3 is 0 Å². The van der Waals surface area contributed by atoms with Gasteiger partial charge in [0.2, 0.25) is 0 Å². The summed E-state index contributed by atoms with van der Waals surface area (Å²) in [5, 5.41) is 12.1. The highest BCUT2D eigenvalue weighted by Crippen LogP contribution is 2.30. The molecule has 0 unspecified atom stereocenters. The maximum atomic E-state index is 11.1. The van der Waals surface area contributed by atoms with Gasteiger partial charge in [0, 0.05) is 10.0 Å². The Morgan fingerprint density at radius 1 is 1.48 bits per heavy atom. The molecule has 1 amide bonds. The zero-order valence-electron chi connectivity index (χ0n) is 11.3. The van der Waals surface area contributed by atoms with Crippen LogP contribution >= 0.6 is 15.9 Å². The molecule has 2 aromatic rings. The molecule has 21 heavy (non-hydrogen) atoms. The van der Waals surface area contributed by atoms with Gasteiger partial charge in [0.1, 0.15) is 17.9 Å². The van der Waals surface area contributed by atoms with E-state index in [1.165, 1.54) is 6.21 Å². The van der Waals surface area contributed by atoms with Crippen LogP contribution < -0.4 is 5.43 Å². The van der Waals surface area contributed by atoms with Crippen molar-refractivity contribution in [3.63, 3.8) is 0 Å². The SMILES string of the molecule is Cc1ccc(-c2ccc(/C=N/NC(=O)CC#N)o2)c(Br)c1. The molecule has 0 aliphatic rings. The maximum Gasteiger partial charge on any atom is 0.254 e. The topological polar surface area (TPSA) is 78.4 Å². The summed E-state index contributed by atoms with van der Waals surface area (Å²) in [7, 11) is 0. The summed E-state index contributed by atoms with van der Waals surface area (Å²) in [5.41, 5.74) is 4.33. The predicted molar refractivity (Wildman–Crippen MR) is 82.5 cm³/mol. The lowest BCUT2D eigenvalue weighted by atomic mass is 10.1. The number of benzene rings is 1. The highest BCUT2D eigenvalue weighted by Gasteiger charge is 2.07. The van der Waals surface area contributed by atoms with E-state index >= 15 is 0 Å². The van der Waals surface area contributed by atoms with E-state index in [0.717, 1.165) is 15.6 Å². The van der Waals surface area contributed by atoms with Crippen LogP contribution in [0.4, 0.5) is 0 Å². The number of carbonyl (C=O) groups excluding carboxylic acids is 1. The minimum atomic E-state index is -0.457. The van der Waals surface area contributed by atoms with Crippen LogP contribution in [0.5, 0.6) is 0 Å². The van der Waals surface area contributed by atoms with Crippen LogP contribution in [-0.4, -0.2) is 12.1 Å². The molecule has 0 radical (unpaired) electrons. The molecule has 106 valence electrons. The first-order valence-electron chi connectivity index (χ1n) is 6.15. The number of nitrogens with zero attached hydrogens (tertiary/aromatic N) is 2. The first-order valence-corrected chi connectivity index (χ1v) is 6.94. The molecule has 1 aromatic heterocycles. The molecule has 0 bridgehead atoms. The van der Waals surface area contributed by atoms with Gasteiger partial charge in [-0.05, 0) is 36.8 Å². The summed E-state index contributed by atoms with van der Waals surface area (Å²) in [6.07, 6.45) is 1.16. The van der Waals surface area contributed by atoms with E-state index in [1.807, 2.05) is 31.2 Å². The maximum absolute atomic E-state index is 11.1. The van der Waals surface area contributed by atoms with Gasteiger partial charge in [-0.1, -0.05) is 22.0 Å². The van der Waals surface area contributed by atoms with Crippen LogP contribution in [0.15, 0.2) is 44.3 Å². The molecule has 6 heteroatoms. The van der Waals surface area contributed by atoms with Gasteiger partial charge in [-0.2, -0.15) is 10.4 Å². The number of hydrogen-bond donors (Lipinski definition) is 1. The van der Waals surface area contributed by atoms with Crippen LogP contribution in [0.3, 0.4) is 0 Å². The van der Waals surface area contributed by atoms with Crippen LogP contribution in [0.2, 0.25) is 0 Å². The van der Waals surface area contributed by atoms with Gasteiger partial charge in [-0.3, -0.25) is 4.79 Å². The Balaban J connectivity index is 2.10. The minimum Gasteiger partial charge on any atom is -0.455 e. The molecule has 1 N–H and O–H groups in total. The van der Waals surface area contributed by atoms with Crippen molar-refractivity contribution in [2.75, 3.05) is 0 Å². The van der Waals surface area contributed by atoms with Gasteiger partial charge < -0.3 is 4.42 Å². The van der Waals surface area contributed by atoms with Gasteiger partial charge in [-0.15, -0.1) is 0 Å². The summed E-state index contributed by atoms with van der Waals surface area (Å²) < 4.78 is 6.58. The van der Waals surface area contributed by atoms with Crippen molar-refractivity contribution in [3.05, 3.63) is 46.1 Å². The molecule has 0 atom stereocenters. The summed E-state index contributed by atoms with van der Waals surface area (Å²) in [4.78, 5) is 11.1. The monoisotopic (exact) mass is 345 g/mol. The summed E-state index contributed by atoms with van der Waals surface area (Å²) in [6, 6.07) is 11.3. The Labute approximate surface area is 130 Å². The summed E-state index contributed by atoms with van der Waals surface area (Å²) in [6.45, 7) is 2.01. The molecule has 0 fully saturated rings. The average Bonchev–Trinajstić information content (AvgIpc) is 2.87. The van der Waals surface area contributed by atoms with E-state index in [2.05, 4.69) is 26.5 Å². The van der Waals surface area contributed by atoms with Crippen molar-refractivity contribution < 1.29 is 9.21 Å². The summed E-state index contributed by atoms with van der Waals surface area (Å²) >= 11 is 3.50. The van der Waals surface area contributed by atoms with Crippen LogP contribution in [-0.2, 0) is 4.79 Å². The zero-order valence-corrected chi connectivity index (χ0v) is 12.8. The number of hydrogen-bond acceptors (Lipinski definition) is 4. The number of aryl methyl sites for hydroxylation is 1. The number of halogens is 1. The zero-order chi connectivity index (χ0) is 15.2. The molecule has 0 spiro atoms. The molecular weight excluding hydrogens is 334 g/mol. The molecule has 5 nitrogen and oxygen atoms in total. The first kappa shape index (κ1) is 15.0. The number of carbonyl (C=O) groups is 1. The Morgan fingerprint density at radius 2 is 2.29 bits per heavy atom. The van der Waals surface area contributed by atoms with E-state index in [1.54, 1.807) is 12.1 Å². The largest absolute Gasteiger partial charge is 0.455 e. The van der Waals surface area contributed by atoms with Crippen molar-refractivity contribution >= 4 is 28.1 Å². The van der Waals surface area contributed by atoms with E-state index in [-0.39, 0.29) is 6.42 Å². The highest BCUT2D eigenvalue weighted by atomic mass is 79.9. The molecule has 0 saturated heterocycles. The minimum absolute atomic E-state index is 0.225. The second-order valence-electron chi connectivity index (χ2n) is 4.31. The van der Waals surface area contributed by atoms with E-state index in [4.69, 9.17) is 9.68 Å². The Morgan fingerprint density at radius 3 is 3.00 bits per heavy atom. The van der Waals surface area contributed by atoms with Crippen molar-refractivity contribution in [2.45, 2.75) is 13.3 Å². The normalized spacial score (nSPS) is 10.5. The lowest BCUT2D eigenvalue weighted by Gasteiger charge is -2.01. The fourth-order valence-corrected chi connectivity index (χ4v) is 2.35. The Bertz CT molecular complexity index is 729. The second kappa shape index (κ2) is 6.86. The third kappa shape index (κ3) is 4.04. The number of nitrogens with one attached hydrogen (secondary N) is 1. The Hall–Kier alpha value is -2.39. The third-order valence-electron chi connectivity index (χ3n) is 2.64. The number of nitriles is 1. The highest BCUT2D eigenvalue weighted by molar-refractivity contribution is 9.10. The van der Waals surface area contributed by atoms with E-state index < -0.39 is 5.91 Å². The number of rotatable bonds is 4. The fourth-order valence-electron chi connectivity index (χ4n) is 1.67. The van der Waals surface area contributed by atoms with Crippen molar-refractivity contribution in [3.8, 4) is 17.4 Å². The molecule has 0 aliphatic carbocycles. The molecule has 1 aromatic carbocycles. The third-order valence-corrected chi connectivity index (χ3v) is 3.29. The van der Waals surface area contributed by atoms with Crippen molar-refractivity contribution in [2.24, 2.45) is 5.10 Å². The number of furan rings is 1. The number of hydrazone groups is 1.